The molecule has 1 N–H and O–H groups in total. The summed E-state index contributed by atoms with van der Waals surface area (Å²) in [6.45, 7) is 5.38. The molecular formula is C9H9O2. The molecule has 0 unspecified atom stereocenters. The lowest BCUT2D eigenvalue weighted by molar-refractivity contribution is 0.0695. The molecule has 1 aromatic carbocycles. The Hall–Kier alpha value is -1.31. The van der Waals surface area contributed by atoms with E-state index >= 15 is 0 Å². The molecular weight excluding hydrogens is 140 g/mol. The van der Waals surface area contributed by atoms with Crippen molar-refractivity contribution in [2.75, 3.05) is 0 Å². The van der Waals surface area contributed by atoms with Crippen LogP contribution < -0.4 is 0 Å². The number of aryl methyl sites for hydroxylation is 1. The predicted octanol–water partition coefficient (Wildman–Crippen LogP) is 1.88. The molecule has 0 fully saturated rings. The van der Waals surface area contributed by atoms with E-state index in [2.05, 4.69) is 6.92 Å². The van der Waals surface area contributed by atoms with E-state index in [0.29, 0.717) is 11.1 Å². The van der Waals surface area contributed by atoms with E-state index in [1.807, 2.05) is 0 Å². The van der Waals surface area contributed by atoms with Gasteiger partial charge in [0.15, 0.2) is 0 Å². The fraction of sp³-hybridized carbons (Fsp3) is 0.111. The van der Waals surface area contributed by atoms with Gasteiger partial charge in [0.2, 0.25) is 0 Å². The lowest BCUT2D eigenvalue weighted by Crippen LogP contribution is -2.01. The summed E-state index contributed by atoms with van der Waals surface area (Å²) in [5.41, 5.74) is 1.63. The number of rotatable bonds is 1. The van der Waals surface area contributed by atoms with Crippen LogP contribution in [0.3, 0.4) is 0 Å². The molecule has 57 valence electrons. The lowest BCUT2D eigenvalue weighted by Gasteiger charge is -2.02. The van der Waals surface area contributed by atoms with Gasteiger partial charge in [0, 0.05) is 0 Å². The summed E-state index contributed by atoms with van der Waals surface area (Å²) in [7, 11) is 0. The second kappa shape index (κ2) is 2.74. The Morgan fingerprint density at radius 2 is 2.18 bits per heavy atom. The fourth-order valence-electron chi connectivity index (χ4n) is 1.03. The van der Waals surface area contributed by atoms with Crippen LogP contribution >= 0.6 is 0 Å². The van der Waals surface area contributed by atoms with Crippen molar-refractivity contribution < 1.29 is 9.90 Å². The minimum atomic E-state index is -0.909. The fourth-order valence-corrected chi connectivity index (χ4v) is 1.03. The van der Waals surface area contributed by atoms with Crippen LogP contribution in [0.25, 0.3) is 0 Å². The second-order valence-corrected chi connectivity index (χ2v) is 2.41. The monoisotopic (exact) mass is 149 g/mol. The topological polar surface area (TPSA) is 37.3 Å². The molecule has 0 spiro atoms. The van der Waals surface area contributed by atoms with Gasteiger partial charge in [0.25, 0.3) is 0 Å². The molecule has 1 aromatic rings. The van der Waals surface area contributed by atoms with Crippen molar-refractivity contribution >= 4 is 5.97 Å². The summed E-state index contributed by atoms with van der Waals surface area (Å²) in [4.78, 5) is 10.6. The van der Waals surface area contributed by atoms with Crippen molar-refractivity contribution in [3.8, 4) is 0 Å². The van der Waals surface area contributed by atoms with Crippen molar-refractivity contribution in [3.05, 3.63) is 41.8 Å². The number of benzene rings is 1. The van der Waals surface area contributed by atoms with Crippen LogP contribution in [0.15, 0.2) is 18.2 Å². The summed E-state index contributed by atoms with van der Waals surface area (Å²) in [5.74, 6) is -0.909. The lowest BCUT2D eigenvalue weighted by atomic mass is 10.0. The van der Waals surface area contributed by atoms with Gasteiger partial charge in [0.05, 0.1) is 5.56 Å². The molecule has 11 heavy (non-hydrogen) atoms. The van der Waals surface area contributed by atoms with Gasteiger partial charge in [-0.05, 0) is 25.0 Å². The van der Waals surface area contributed by atoms with Gasteiger partial charge >= 0.3 is 5.97 Å². The molecule has 0 atom stereocenters. The molecule has 0 aliphatic rings. The molecule has 0 saturated heterocycles. The van der Waals surface area contributed by atoms with Crippen LogP contribution in [0.5, 0.6) is 0 Å². The van der Waals surface area contributed by atoms with Crippen LogP contribution in [0.2, 0.25) is 0 Å². The van der Waals surface area contributed by atoms with Gasteiger partial charge in [-0.25, -0.2) is 4.79 Å². The molecule has 0 heterocycles. The van der Waals surface area contributed by atoms with Gasteiger partial charge in [-0.15, -0.1) is 0 Å². The minimum absolute atomic E-state index is 0.313. The molecule has 0 saturated carbocycles. The van der Waals surface area contributed by atoms with Crippen molar-refractivity contribution in [1.82, 2.24) is 0 Å². The van der Waals surface area contributed by atoms with Crippen molar-refractivity contribution in [3.63, 3.8) is 0 Å². The molecule has 0 aliphatic heterocycles. The second-order valence-electron chi connectivity index (χ2n) is 2.41. The SMILES string of the molecule is [CH2]c1cccc(C)c1C(=O)O. The van der Waals surface area contributed by atoms with Crippen LogP contribution in [-0.2, 0) is 0 Å². The number of carboxylic acids is 1. The smallest absolute Gasteiger partial charge is 0.336 e. The van der Waals surface area contributed by atoms with E-state index in [0.717, 1.165) is 5.56 Å². The van der Waals surface area contributed by atoms with Gasteiger partial charge in [0.1, 0.15) is 0 Å². The zero-order valence-corrected chi connectivity index (χ0v) is 6.29. The van der Waals surface area contributed by atoms with Crippen LogP contribution in [-0.4, -0.2) is 11.1 Å². The normalized spacial score (nSPS) is 9.64. The third kappa shape index (κ3) is 1.40. The summed E-state index contributed by atoms with van der Waals surface area (Å²) < 4.78 is 0. The number of hydrogen-bond donors (Lipinski definition) is 1. The molecule has 2 nitrogen and oxygen atoms in total. The van der Waals surface area contributed by atoms with Crippen molar-refractivity contribution in [1.29, 1.82) is 0 Å². The highest BCUT2D eigenvalue weighted by Crippen LogP contribution is 2.12. The molecule has 0 aliphatic carbocycles. The average Bonchev–Trinajstić information content (AvgIpc) is 1.85. The van der Waals surface area contributed by atoms with Gasteiger partial charge in [-0.3, -0.25) is 0 Å². The van der Waals surface area contributed by atoms with E-state index in [9.17, 15) is 4.79 Å². The first kappa shape index (κ1) is 7.79. The largest absolute Gasteiger partial charge is 0.478 e. The number of hydrogen-bond acceptors (Lipinski definition) is 1. The van der Waals surface area contributed by atoms with Crippen molar-refractivity contribution in [2.45, 2.75) is 6.92 Å². The van der Waals surface area contributed by atoms with Crippen LogP contribution in [0.4, 0.5) is 0 Å². The van der Waals surface area contributed by atoms with E-state index in [4.69, 9.17) is 5.11 Å². The van der Waals surface area contributed by atoms with E-state index in [1.165, 1.54) is 0 Å². The van der Waals surface area contributed by atoms with E-state index in [-0.39, 0.29) is 0 Å². The number of carboxylic acid groups (broad SMARTS) is 1. The quantitative estimate of drug-likeness (QED) is 0.661. The number of aromatic carboxylic acids is 1. The Morgan fingerprint density at radius 1 is 1.55 bits per heavy atom. The standard InChI is InChI=1S/C9H9O2/c1-6-4-3-5-7(2)8(6)9(10)11/h3-5H,1H2,2H3,(H,10,11). The van der Waals surface area contributed by atoms with Gasteiger partial charge < -0.3 is 5.11 Å². The molecule has 0 bridgehead atoms. The Morgan fingerprint density at radius 3 is 2.55 bits per heavy atom. The highest BCUT2D eigenvalue weighted by atomic mass is 16.4. The van der Waals surface area contributed by atoms with E-state index in [1.54, 1.807) is 25.1 Å². The Labute approximate surface area is 65.5 Å². The van der Waals surface area contributed by atoms with Gasteiger partial charge in [-0.2, -0.15) is 0 Å². The van der Waals surface area contributed by atoms with Gasteiger partial charge in [-0.1, -0.05) is 18.2 Å². The first-order chi connectivity index (χ1) is 5.13. The first-order valence-electron chi connectivity index (χ1n) is 3.28. The highest BCUT2D eigenvalue weighted by molar-refractivity contribution is 5.91. The zero-order chi connectivity index (χ0) is 8.43. The summed E-state index contributed by atoms with van der Waals surface area (Å²) in [6, 6.07) is 5.25. The maximum atomic E-state index is 10.6. The number of carbonyl (C=O) groups is 1. The molecule has 0 aromatic heterocycles. The summed E-state index contributed by atoms with van der Waals surface area (Å²) >= 11 is 0. The van der Waals surface area contributed by atoms with Crippen LogP contribution in [0.1, 0.15) is 21.5 Å². The molecule has 1 rings (SSSR count). The maximum Gasteiger partial charge on any atom is 0.336 e. The van der Waals surface area contributed by atoms with Crippen molar-refractivity contribution in [2.24, 2.45) is 0 Å². The Kier molecular flexibility index (Phi) is 1.94. The van der Waals surface area contributed by atoms with Crippen LogP contribution in [0, 0.1) is 13.8 Å². The molecule has 2 heteroatoms. The zero-order valence-electron chi connectivity index (χ0n) is 6.29. The third-order valence-corrected chi connectivity index (χ3v) is 1.57. The highest BCUT2D eigenvalue weighted by Gasteiger charge is 2.08. The molecule has 0 amide bonds. The Bertz CT molecular complexity index is 269. The molecule has 1 radical (unpaired) electrons. The average molecular weight is 149 g/mol. The third-order valence-electron chi connectivity index (χ3n) is 1.57. The summed E-state index contributed by atoms with van der Waals surface area (Å²) in [6.07, 6.45) is 0. The predicted molar refractivity (Wildman–Crippen MR) is 42.6 cm³/mol. The maximum absolute atomic E-state index is 10.6. The minimum Gasteiger partial charge on any atom is -0.478 e. The van der Waals surface area contributed by atoms with E-state index < -0.39 is 5.97 Å². The first-order valence-corrected chi connectivity index (χ1v) is 3.28. The Balaban J connectivity index is 3.32. The summed E-state index contributed by atoms with van der Waals surface area (Å²) in [5, 5.41) is 8.71.